The first-order valence-electron chi connectivity index (χ1n) is 8.30. The second-order valence-corrected chi connectivity index (χ2v) is 7.20. The Morgan fingerprint density at radius 3 is 2.63 bits per heavy atom. The van der Waals surface area contributed by atoms with Crippen molar-refractivity contribution in [1.29, 1.82) is 0 Å². The molecule has 0 bridgehead atoms. The van der Waals surface area contributed by atoms with Crippen LogP contribution in [-0.2, 0) is 14.3 Å². The Morgan fingerprint density at radius 1 is 1.30 bits per heavy atom. The fourth-order valence-corrected chi connectivity index (χ4v) is 3.81. The Labute approximate surface area is 170 Å². The highest BCUT2D eigenvalue weighted by atomic mass is 79.9. The van der Waals surface area contributed by atoms with E-state index in [4.69, 9.17) is 14.2 Å². The summed E-state index contributed by atoms with van der Waals surface area (Å²) in [5, 5.41) is 0.643. The van der Waals surface area contributed by atoms with E-state index in [-0.39, 0.29) is 19.1 Å². The first-order valence-corrected chi connectivity index (χ1v) is 9.91. The van der Waals surface area contributed by atoms with E-state index in [1.54, 1.807) is 39.2 Å². The van der Waals surface area contributed by atoms with Crippen molar-refractivity contribution >= 4 is 50.8 Å². The van der Waals surface area contributed by atoms with E-state index in [0.29, 0.717) is 32.7 Å². The fourth-order valence-electron chi connectivity index (χ4n) is 2.31. The van der Waals surface area contributed by atoms with Crippen LogP contribution in [0.15, 0.2) is 26.5 Å². The molecule has 0 atom stereocenters. The largest absolute Gasteiger partial charge is 0.490 e. The number of benzene rings is 1. The number of ether oxygens (including phenoxy) is 3. The first kappa shape index (κ1) is 21.3. The van der Waals surface area contributed by atoms with E-state index >= 15 is 0 Å². The average Bonchev–Trinajstić information content (AvgIpc) is 2.89. The van der Waals surface area contributed by atoms with E-state index in [1.807, 2.05) is 6.92 Å². The Morgan fingerprint density at radius 2 is 2.04 bits per heavy atom. The van der Waals surface area contributed by atoms with Crippen LogP contribution in [0.2, 0.25) is 0 Å². The van der Waals surface area contributed by atoms with Crippen molar-refractivity contribution in [3.8, 4) is 11.5 Å². The molecule has 0 N–H and O–H groups in total. The lowest BCUT2D eigenvalue weighted by atomic mass is 10.2. The van der Waals surface area contributed by atoms with Crippen LogP contribution >= 0.6 is 27.7 Å². The predicted octanol–water partition coefficient (Wildman–Crippen LogP) is 3.32. The van der Waals surface area contributed by atoms with E-state index < -0.39 is 5.97 Å². The number of esters is 1. The Hall–Kier alpha value is -2.00. The lowest BCUT2D eigenvalue weighted by molar-refractivity contribution is -0.145. The molecule has 0 saturated carbocycles. The summed E-state index contributed by atoms with van der Waals surface area (Å²) in [5.74, 6) is 0.305. The van der Waals surface area contributed by atoms with Gasteiger partial charge in [-0.2, -0.15) is 0 Å². The van der Waals surface area contributed by atoms with Gasteiger partial charge in [-0.1, -0.05) is 0 Å². The SMILES string of the molecule is CCOC(=O)COc1c(Br)cc(/C=C2/SC(=NC)N(C)C2=O)cc1OCC. The van der Waals surface area contributed by atoms with Gasteiger partial charge in [-0.25, -0.2) is 4.79 Å². The van der Waals surface area contributed by atoms with Crippen LogP contribution in [0.3, 0.4) is 0 Å². The van der Waals surface area contributed by atoms with Gasteiger partial charge in [0.05, 0.1) is 22.6 Å². The van der Waals surface area contributed by atoms with Gasteiger partial charge in [0, 0.05) is 14.1 Å². The van der Waals surface area contributed by atoms with Gasteiger partial charge in [-0.05, 0) is 65.3 Å². The Bertz CT molecular complexity index is 794. The molecule has 2 rings (SSSR count). The molecule has 1 aliphatic heterocycles. The van der Waals surface area contributed by atoms with Crippen LogP contribution in [0.5, 0.6) is 11.5 Å². The summed E-state index contributed by atoms with van der Waals surface area (Å²) in [6, 6.07) is 3.56. The molecule has 1 heterocycles. The number of aliphatic imine (C=N–C) groups is 1. The summed E-state index contributed by atoms with van der Waals surface area (Å²) in [4.78, 5) is 30.0. The summed E-state index contributed by atoms with van der Waals surface area (Å²) < 4.78 is 16.7. The lowest BCUT2D eigenvalue weighted by Crippen LogP contribution is -2.23. The first-order chi connectivity index (χ1) is 12.9. The van der Waals surface area contributed by atoms with Gasteiger partial charge in [0.25, 0.3) is 5.91 Å². The number of nitrogens with zero attached hydrogens (tertiary/aromatic N) is 2. The summed E-state index contributed by atoms with van der Waals surface area (Å²) in [7, 11) is 3.33. The van der Waals surface area contributed by atoms with E-state index in [2.05, 4.69) is 20.9 Å². The predicted molar refractivity (Wildman–Crippen MR) is 109 cm³/mol. The molecule has 0 spiro atoms. The molecule has 9 heteroatoms. The van der Waals surface area contributed by atoms with Gasteiger partial charge in [0.1, 0.15) is 0 Å². The van der Waals surface area contributed by atoms with Crippen LogP contribution in [0.1, 0.15) is 19.4 Å². The van der Waals surface area contributed by atoms with Crippen LogP contribution in [-0.4, -0.2) is 55.9 Å². The van der Waals surface area contributed by atoms with Crippen molar-refractivity contribution in [3.63, 3.8) is 0 Å². The van der Waals surface area contributed by atoms with Crippen molar-refractivity contribution in [2.75, 3.05) is 33.9 Å². The molecule has 1 saturated heterocycles. The van der Waals surface area contributed by atoms with Crippen LogP contribution in [0.4, 0.5) is 0 Å². The molecule has 0 unspecified atom stereocenters. The number of hydrogen-bond acceptors (Lipinski definition) is 7. The van der Waals surface area contributed by atoms with Crippen LogP contribution in [0.25, 0.3) is 6.08 Å². The number of amidine groups is 1. The monoisotopic (exact) mass is 456 g/mol. The molecule has 1 aliphatic rings. The third-order valence-corrected chi connectivity index (χ3v) is 5.20. The zero-order chi connectivity index (χ0) is 20.0. The molecule has 0 aliphatic carbocycles. The third-order valence-electron chi connectivity index (χ3n) is 3.46. The number of likely N-dealkylation sites (N-methyl/N-ethyl adjacent to an activating group) is 1. The van der Waals surface area contributed by atoms with Crippen molar-refractivity contribution in [3.05, 3.63) is 27.1 Å². The summed E-state index contributed by atoms with van der Waals surface area (Å²) in [5.41, 5.74) is 0.760. The number of carbonyl (C=O) groups excluding carboxylic acids is 2. The highest BCUT2D eigenvalue weighted by Crippen LogP contribution is 2.39. The molecule has 1 fully saturated rings. The number of rotatable bonds is 7. The van der Waals surface area contributed by atoms with Crippen molar-refractivity contribution in [2.45, 2.75) is 13.8 Å². The van der Waals surface area contributed by atoms with Crippen molar-refractivity contribution in [2.24, 2.45) is 4.99 Å². The molecule has 27 heavy (non-hydrogen) atoms. The average molecular weight is 457 g/mol. The molecule has 1 amide bonds. The maximum atomic E-state index is 12.3. The van der Waals surface area contributed by atoms with Crippen LogP contribution < -0.4 is 9.47 Å². The Kier molecular flexibility index (Phi) is 7.73. The normalized spacial score (nSPS) is 16.9. The summed E-state index contributed by atoms with van der Waals surface area (Å²) in [6.07, 6.45) is 1.77. The molecule has 7 nitrogen and oxygen atoms in total. The van der Waals surface area contributed by atoms with Gasteiger partial charge in [0.15, 0.2) is 23.3 Å². The minimum atomic E-state index is -0.458. The number of thioether (sulfide) groups is 1. The van der Waals surface area contributed by atoms with E-state index in [1.165, 1.54) is 16.7 Å². The second-order valence-electron chi connectivity index (χ2n) is 5.34. The number of amides is 1. The topological polar surface area (TPSA) is 77.4 Å². The molecule has 1 aromatic rings. The molecular weight excluding hydrogens is 436 g/mol. The van der Waals surface area contributed by atoms with Gasteiger partial charge >= 0.3 is 5.97 Å². The molecule has 146 valence electrons. The standard InChI is InChI=1S/C18H21BrN2O5S/c1-5-24-13-8-11(9-14-17(23)21(4)18(20-3)27-14)7-12(19)16(13)26-10-15(22)25-6-2/h7-9H,5-6,10H2,1-4H3/b14-9+,20-18?. The van der Waals surface area contributed by atoms with Gasteiger partial charge < -0.3 is 14.2 Å². The minimum Gasteiger partial charge on any atom is -0.490 e. The molecule has 1 aromatic carbocycles. The highest BCUT2D eigenvalue weighted by Gasteiger charge is 2.29. The maximum Gasteiger partial charge on any atom is 0.344 e. The fraction of sp³-hybridized carbons (Fsp3) is 0.389. The number of hydrogen-bond donors (Lipinski definition) is 0. The lowest BCUT2D eigenvalue weighted by Gasteiger charge is -2.14. The molecule has 0 aromatic heterocycles. The van der Waals surface area contributed by atoms with Gasteiger partial charge in [0.2, 0.25) is 0 Å². The van der Waals surface area contributed by atoms with Gasteiger partial charge in [-0.15, -0.1) is 0 Å². The molecular formula is C18H21BrN2O5S. The van der Waals surface area contributed by atoms with Crippen LogP contribution in [0, 0.1) is 0 Å². The second kappa shape index (κ2) is 9.80. The number of carbonyl (C=O) groups is 2. The summed E-state index contributed by atoms with van der Waals surface area (Å²) in [6.45, 7) is 4.07. The maximum absolute atomic E-state index is 12.3. The third kappa shape index (κ3) is 5.26. The Balaban J connectivity index is 2.31. The highest BCUT2D eigenvalue weighted by molar-refractivity contribution is 9.10. The zero-order valence-corrected chi connectivity index (χ0v) is 18.0. The minimum absolute atomic E-state index is 0.114. The number of halogens is 1. The summed E-state index contributed by atoms with van der Waals surface area (Å²) >= 11 is 4.76. The zero-order valence-electron chi connectivity index (χ0n) is 15.6. The van der Waals surface area contributed by atoms with E-state index in [9.17, 15) is 9.59 Å². The van der Waals surface area contributed by atoms with Crippen molar-refractivity contribution in [1.82, 2.24) is 4.90 Å². The van der Waals surface area contributed by atoms with Crippen molar-refractivity contribution < 1.29 is 23.8 Å². The smallest absolute Gasteiger partial charge is 0.344 e. The quantitative estimate of drug-likeness (QED) is 0.462. The molecule has 0 radical (unpaired) electrons. The van der Waals surface area contributed by atoms with Gasteiger partial charge in [-0.3, -0.25) is 14.7 Å². The van der Waals surface area contributed by atoms with E-state index in [0.717, 1.165) is 5.56 Å².